The molecule has 76 valence electrons. The highest BCUT2D eigenvalue weighted by molar-refractivity contribution is 6.35. The first kappa shape index (κ1) is 9.87. The number of hydrogen-bond donors (Lipinski definition) is 2. The maximum Gasteiger partial charge on any atom is 0.157 e. The van der Waals surface area contributed by atoms with E-state index in [2.05, 4.69) is 0 Å². The Kier molecular flexibility index (Phi) is 2.52. The van der Waals surface area contributed by atoms with Gasteiger partial charge in [0.25, 0.3) is 0 Å². The highest BCUT2D eigenvalue weighted by Gasteiger charge is 2.09. The van der Waals surface area contributed by atoms with Gasteiger partial charge >= 0.3 is 0 Å². The molecule has 0 heterocycles. The summed E-state index contributed by atoms with van der Waals surface area (Å²) in [6, 6.07) is 13.1. The zero-order valence-corrected chi connectivity index (χ0v) is 8.70. The molecule has 0 saturated carbocycles. The number of rotatable bonds is 1. The fourth-order valence-corrected chi connectivity index (χ4v) is 1.70. The van der Waals surface area contributed by atoms with Gasteiger partial charge in [-0.05, 0) is 11.6 Å². The molecule has 2 aromatic rings. The molecule has 0 atom stereocenters. The molecular weight excluding hydrogens is 210 g/mol. The Balaban J connectivity index is 2.60. The number of anilines is 1. The summed E-state index contributed by atoms with van der Waals surface area (Å²) in [6.45, 7) is 0. The third-order valence-corrected chi connectivity index (χ3v) is 2.61. The molecule has 0 unspecified atom stereocenters. The van der Waals surface area contributed by atoms with Crippen LogP contribution in [-0.4, -0.2) is 5.11 Å². The Morgan fingerprint density at radius 3 is 2.33 bits per heavy atom. The smallest absolute Gasteiger partial charge is 0.157 e. The first-order valence-electron chi connectivity index (χ1n) is 4.52. The van der Waals surface area contributed by atoms with Crippen LogP contribution in [0.5, 0.6) is 5.75 Å². The van der Waals surface area contributed by atoms with E-state index in [1.54, 1.807) is 12.1 Å². The second-order valence-corrected chi connectivity index (χ2v) is 3.61. The molecule has 0 aliphatic carbocycles. The Hall–Kier alpha value is -1.67. The third kappa shape index (κ3) is 1.76. The second-order valence-electron chi connectivity index (χ2n) is 3.23. The van der Waals surface area contributed by atoms with E-state index >= 15 is 0 Å². The van der Waals surface area contributed by atoms with E-state index in [9.17, 15) is 5.11 Å². The van der Waals surface area contributed by atoms with Crippen LogP contribution in [0.2, 0.25) is 5.02 Å². The zero-order chi connectivity index (χ0) is 10.8. The second kappa shape index (κ2) is 3.83. The lowest BCUT2D eigenvalue weighted by molar-refractivity contribution is 0.478. The molecule has 0 fully saturated rings. The van der Waals surface area contributed by atoms with Gasteiger partial charge in [0.1, 0.15) is 0 Å². The van der Waals surface area contributed by atoms with Crippen LogP contribution in [0.15, 0.2) is 42.5 Å². The lowest BCUT2D eigenvalue weighted by Crippen LogP contribution is -1.88. The summed E-state index contributed by atoms with van der Waals surface area (Å²) < 4.78 is 0. The molecule has 0 radical (unpaired) electrons. The maximum absolute atomic E-state index is 9.59. The standard InChI is InChI=1S/C12H10ClNO/c13-11-9(6-7-10(14)12(11)15)8-4-2-1-3-5-8/h1-7,15H,14H2. The largest absolute Gasteiger partial charge is 0.504 e. The fraction of sp³-hybridized carbons (Fsp3) is 0. The van der Waals surface area contributed by atoms with Crippen molar-refractivity contribution < 1.29 is 5.11 Å². The first-order valence-corrected chi connectivity index (χ1v) is 4.90. The molecule has 0 aliphatic heterocycles. The quantitative estimate of drug-likeness (QED) is 0.571. The number of benzene rings is 2. The average molecular weight is 220 g/mol. The van der Waals surface area contributed by atoms with Crippen molar-refractivity contribution in [2.75, 3.05) is 5.73 Å². The van der Waals surface area contributed by atoms with Crippen molar-refractivity contribution in [3.05, 3.63) is 47.5 Å². The van der Waals surface area contributed by atoms with Crippen molar-refractivity contribution in [2.24, 2.45) is 0 Å². The normalized spacial score (nSPS) is 10.2. The van der Waals surface area contributed by atoms with Gasteiger partial charge in [0.05, 0.1) is 10.7 Å². The predicted octanol–water partition coefficient (Wildman–Crippen LogP) is 3.29. The number of halogens is 1. The summed E-state index contributed by atoms with van der Waals surface area (Å²) >= 11 is 6.00. The molecule has 0 bridgehead atoms. The summed E-state index contributed by atoms with van der Waals surface area (Å²) in [4.78, 5) is 0. The summed E-state index contributed by atoms with van der Waals surface area (Å²) in [5, 5.41) is 9.88. The Morgan fingerprint density at radius 2 is 1.67 bits per heavy atom. The van der Waals surface area contributed by atoms with E-state index in [1.165, 1.54) is 0 Å². The van der Waals surface area contributed by atoms with Gasteiger partial charge < -0.3 is 10.8 Å². The van der Waals surface area contributed by atoms with Gasteiger partial charge in [0.2, 0.25) is 0 Å². The molecule has 2 aromatic carbocycles. The van der Waals surface area contributed by atoms with Crippen LogP contribution in [-0.2, 0) is 0 Å². The summed E-state index contributed by atoms with van der Waals surface area (Å²) in [6.07, 6.45) is 0. The first-order chi connectivity index (χ1) is 7.20. The van der Waals surface area contributed by atoms with Crippen LogP contribution in [0, 0.1) is 0 Å². The predicted molar refractivity (Wildman–Crippen MR) is 63.0 cm³/mol. The van der Waals surface area contributed by atoms with Gasteiger partial charge in [0, 0.05) is 5.56 Å². The fourth-order valence-electron chi connectivity index (χ4n) is 1.42. The van der Waals surface area contributed by atoms with Gasteiger partial charge in [-0.15, -0.1) is 0 Å². The Bertz CT molecular complexity index is 482. The number of phenols is 1. The minimum absolute atomic E-state index is 0.0574. The molecule has 3 N–H and O–H groups in total. The third-order valence-electron chi connectivity index (χ3n) is 2.23. The Morgan fingerprint density at radius 1 is 1.00 bits per heavy atom. The summed E-state index contributed by atoms with van der Waals surface area (Å²) in [7, 11) is 0. The number of nitrogen functional groups attached to an aromatic ring is 1. The van der Waals surface area contributed by atoms with Gasteiger partial charge in [-0.2, -0.15) is 0 Å². The van der Waals surface area contributed by atoms with Crippen LogP contribution in [0.25, 0.3) is 11.1 Å². The minimum atomic E-state index is -0.0574. The van der Waals surface area contributed by atoms with E-state index in [0.717, 1.165) is 11.1 Å². The van der Waals surface area contributed by atoms with Crippen molar-refractivity contribution in [3.63, 3.8) is 0 Å². The molecular formula is C12H10ClNO. The SMILES string of the molecule is Nc1ccc(-c2ccccc2)c(Cl)c1O. The van der Waals surface area contributed by atoms with E-state index in [-0.39, 0.29) is 5.75 Å². The van der Waals surface area contributed by atoms with Crippen molar-refractivity contribution in [1.82, 2.24) is 0 Å². The molecule has 0 saturated heterocycles. The molecule has 0 amide bonds. The molecule has 3 heteroatoms. The maximum atomic E-state index is 9.59. The highest BCUT2D eigenvalue weighted by atomic mass is 35.5. The van der Waals surface area contributed by atoms with E-state index < -0.39 is 0 Å². The number of phenolic OH excluding ortho intramolecular Hbond substituents is 1. The molecule has 0 aromatic heterocycles. The van der Waals surface area contributed by atoms with Crippen LogP contribution in [0.1, 0.15) is 0 Å². The van der Waals surface area contributed by atoms with Gasteiger partial charge in [0.15, 0.2) is 5.75 Å². The van der Waals surface area contributed by atoms with Crippen molar-refractivity contribution in [1.29, 1.82) is 0 Å². The van der Waals surface area contributed by atoms with E-state index in [4.69, 9.17) is 17.3 Å². The minimum Gasteiger partial charge on any atom is -0.504 e. The molecule has 15 heavy (non-hydrogen) atoms. The van der Waals surface area contributed by atoms with Gasteiger partial charge in [-0.1, -0.05) is 48.0 Å². The van der Waals surface area contributed by atoms with Crippen LogP contribution < -0.4 is 5.73 Å². The Labute approximate surface area is 92.9 Å². The van der Waals surface area contributed by atoms with Gasteiger partial charge in [-0.25, -0.2) is 0 Å². The van der Waals surface area contributed by atoms with Crippen molar-refractivity contribution in [2.45, 2.75) is 0 Å². The molecule has 0 aliphatic rings. The van der Waals surface area contributed by atoms with E-state index in [1.807, 2.05) is 30.3 Å². The zero-order valence-electron chi connectivity index (χ0n) is 7.94. The van der Waals surface area contributed by atoms with E-state index in [0.29, 0.717) is 10.7 Å². The van der Waals surface area contributed by atoms with Crippen LogP contribution in [0.4, 0.5) is 5.69 Å². The van der Waals surface area contributed by atoms with Crippen LogP contribution in [0.3, 0.4) is 0 Å². The molecule has 2 nitrogen and oxygen atoms in total. The van der Waals surface area contributed by atoms with Crippen LogP contribution >= 0.6 is 11.6 Å². The lowest BCUT2D eigenvalue weighted by Gasteiger charge is -2.07. The molecule has 0 spiro atoms. The average Bonchev–Trinajstić information content (AvgIpc) is 2.27. The van der Waals surface area contributed by atoms with Crippen molar-refractivity contribution >= 4 is 17.3 Å². The highest BCUT2D eigenvalue weighted by Crippen LogP contribution is 2.38. The number of aromatic hydroxyl groups is 1. The lowest BCUT2D eigenvalue weighted by atomic mass is 10.0. The monoisotopic (exact) mass is 219 g/mol. The van der Waals surface area contributed by atoms with Crippen molar-refractivity contribution in [3.8, 4) is 16.9 Å². The van der Waals surface area contributed by atoms with Gasteiger partial charge in [-0.3, -0.25) is 0 Å². The number of hydrogen-bond acceptors (Lipinski definition) is 2. The number of nitrogens with two attached hydrogens (primary N) is 1. The summed E-state index contributed by atoms with van der Waals surface area (Å²) in [5.74, 6) is -0.0574. The summed E-state index contributed by atoms with van der Waals surface area (Å²) in [5.41, 5.74) is 7.56. The topological polar surface area (TPSA) is 46.2 Å². The molecule has 2 rings (SSSR count).